The summed E-state index contributed by atoms with van der Waals surface area (Å²) in [6.07, 6.45) is 3.18. The number of phenols is 1. The molecule has 2 rings (SSSR count). The molecule has 1 unspecified atom stereocenters. The zero-order valence-corrected chi connectivity index (χ0v) is 10.9. The van der Waals surface area contributed by atoms with Gasteiger partial charge in [0.25, 0.3) is 5.91 Å². The first-order valence-corrected chi connectivity index (χ1v) is 6.06. The molecule has 1 aromatic heterocycles. The van der Waals surface area contributed by atoms with Crippen LogP contribution in [0.25, 0.3) is 0 Å². The first-order valence-electron chi connectivity index (χ1n) is 6.06. The van der Waals surface area contributed by atoms with Gasteiger partial charge in [0.1, 0.15) is 5.75 Å². The Morgan fingerprint density at radius 3 is 2.47 bits per heavy atom. The molecule has 4 heteroatoms. The second kappa shape index (κ2) is 5.52. The normalized spacial score (nSPS) is 11.9. The monoisotopic (exact) mass is 256 g/mol. The van der Waals surface area contributed by atoms with Gasteiger partial charge >= 0.3 is 0 Å². The summed E-state index contributed by atoms with van der Waals surface area (Å²) in [7, 11) is 1.72. The molecule has 1 atom stereocenters. The van der Waals surface area contributed by atoms with Crippen LogP contribution in [-0.2, 0) is 0 Å². The van der Waals surface area contributed by atoms with Crippen LogP contribution in [0, 0.1) is 0 Å². The van der Waals surface area contributed by atoms with Crippen molar-refractivity contribution in [1.82, 2.24) is 9.88 Å². The van der Waals surface area contributed by atoms with Crippen LogP contribution in [0.15, 0.2) is 48.8 Å². The van der Waals surface area contributed by atoms with Crippen molar-refractivity contribution in [1.29, 1.82) is 0 Å². The highest BCUT2D eigenvalue weighted by molar-refractivity contribution is 5.94. The van der Waals surface area contributed by atoms with E-state index in [1.807, 2.05) is 19.1 Å². The number of nitrogens with zero attached hydrogens (tertiary/aromatic N) is 2. The third-order valence-electron chi connectivity index (χ3n) is 3.22. The van der Waals surface area contributed by atoms with Crippen LogP contribution in [0.2, 0.25) is 0 Å². The van der Waals surface area contributed by atoms with Gasteiger partial charge in [0.05, 0.1) is 6.04 Å². The van der Waals surface area contributed by atoms with Gasteiger partial charge in [0, 0.05) is 30.6 Å². The van der Waals surface area contributed by atoms with Crippen molar-refractivity contribution in [2.24, 2.45) is 0 Å². The molecule has 0 saturated heterocycles. The second-order valence-corrected chi connectivity index (χ2v) is 4.39. The number of benzene rings is 1. The molecule has 1 aromatic carbocycles. The first-order chi connectivity index (χ1) is 9.11. The average Bonchev–Trinajstić information content (AvgIpc) is 2.46. The molecule has 0 spiro atoms. The van der Waals surface area contributed by atoms with Gasteiger partial charge in [-0.25, -0.2) is 0 Å². The summed E-state index contributed by atoms with van der Waals surface area (Å²) in [6, 6.07) is 10.2. The summed E-state index contributed by atoms with van der Waals surface area (Å²) in [5.74, 6) is 0.0996. The zero-order chi connectivity index (χ0) is 13.8. The lowest BCUT2D eigenvalue weighted by Gasteiger charge is -2.26. The quantitative estimate of drug-likeness (QED) is 0.918. The molecule has 1 amide bonds. The lowest BCUT2D eigenvalue weighted by Crippen LogP contribution is -2.29. The van der Waals surface area contributed by atoms with Crippen LogP contribution < -0.4 is 0 Å². The van der Waals surface area contributed by atoms with Gasteiger partial charge in [0.2, 0.25) is 0 Å². The average molecular weight is 256 g/mol. The van der Waals surface area contributed by atoms with Crippen molar-refractivity contribution in [3.63, 3.8) is 0 Å². The number of carbonyl (C=O) groups excluding carboxylic acids is 1. The molecule has 4 nitrogen and oxygen atoms in total. The lowest BCUT2D eigenvalue weighted by atomic mass is 10.1. The van der Waals surface area contributed by atoms with E-state index in [0.717, 1.165) is 5.56 Å². The van der Waals surface area contributed by atoms with Gasteiger partial charge in [-0.1, -0.05) is 18.2 Å². The number of rotatable bonds is 3. The van der Waals surface area contributed by atoms with E-state index < -0.39 is 0 Å². The third kappa shape index (κ3) is 2.73. The molecule has 98 valence electrons. The Labute approximate surface area is 112 Å². The summed E-state index contributed by atoms with van der Waals surface area (Å²) in [5, 5.41) is 9.83. The van der Waals surface area contributed by atoms with Gasteiger partial charge in [-0.15, -0.1) is 0 Å². The summed E-state index contributed by atoms with van der Waals surface area (Å²) >= 11 is 0. The van der Waals surface area contributed by atoms with E-state index >= 15 is 0 Å². The van der Waals surface area contributed by atoms with E-state index in [-0.39, 0.29) is 17.7 Å². The Morgan fingerprint density at radius 1 is 1.21 bits per heavy atom. The highest BCUT2D eigenvalue weighted by Crippen LogP contribution is 2.27. The maximum Gasteiger partial charge on any atom is 0.254 e. The fraction of sp³-hybridized carbons (Fsp3) is 0.200. The maximum absolute atomic E-state index is 12.3. The van der Waals surface area contributed by atoms with E-state index in [1.54, 1.807) is 48.6 Å². The van der Waals surface area contributed by atoms with E-state index in [0.29, 0.717) is 5.56 Å². The molecule has 0 aliphatic rings. The minimum Gasteiger partial charge on any atom is -0.508 e. The van der Waals surface area contributed by atoms with Gasteiger partial charge in [-0.3, -0.25) is 9.78 Å². The topological polar surface area (TPSA) is 53.4 Å². The number of carbonyl (C=O) groups is 1. The lowest BCUT2D eigenvalue weighted by molar-refractivity contribution is 0.0741. The first kappa shape index (κ1) is 13.1. The van der Waals surface area contributed by atoms with Gasteiger partial charge in [0.15, 0.2) is 0 Å². The molecule has 0 fully saturated rings. The largest absolute Gasteiger partial charge is 0.508 e. The minimum absolute atomic E-state index is 0.0989. The number of aromatic hydroxyl groups is 1. The van der Waals surface area contributed by atoms with Crippen LogP contribution in [0.4, 0.5) is 0 Å². The number of phenolic OH excluding ortho intramolecular Hbond substituents is 1. The zero-order valence-electron chi connectivity index (χ0n) is 10.9. The molecular weight excluding hydrogens is 240 g/mol. The third-order valence-corrected chi connectivity index (χ3v) is 3.22. The summed E-state index contributed by atoms with van der Waals surface area (Å²) < 4.78 is 0. The summed E-state index contributed by atoms with van der Waals surface area (Å²) in [4.78, 5) is 17.8. The van der Waals surface area contributed by atoms with E-state index in [1.165, 1.54) is 0 Å². The standard InChI is InChI=1S/C15H16N2O2/c1-11(13-5-3-4-6-14(13)18)17(2)15(19)12-7-9-16-10-8-12/h3-11,18H,1-2H3. The molecule has 1 N–H and O–H groups in total. The Hall–Kier alpha value is -2.36. The molecule has 0 aliphatic heterocycles. The van der Waals surface area contributed by atoms with E-state index in [2.05, 4.69) is 4.98 Å². The molecular formula is C15H16N2O2. The van der Waals surface area contributed by atoms with E-state index in [4.69, 9.17) is 0 Å². The van der Waals surface area contributed by atoms with E-state index in [9.17, 15) is 9.90 Å². The van der Waals surface area contributed by atoms with Crippen molar-refractivity contribution >= 4 is 5.91 Å². The fourth-order valence-electron chi connectivity index (χ4n) is 1.92. The fourth-order valence-corrected chi connectivity index (χ4v) is 1.92. The molecule has 1 heterocycles. The van der Waals surface area contributed by atoms with Crippen LogP contribution >= 0.6 is 0 Å². The maximum atomic E-state index is 12.3. The second-order valence-electron chi connectivity index (χ2n) is 4.39. The molecule has 0 aliphatic carbocycles. The SMILES string of the molecule is CC(c1ccccc1O)N(C)C(=O)c1ccncc1. The minimum atomic E-state index is -0.207. The molecule has 0 radical (unpaired) electrons. The smallest absolute Gasteiger partial charge is 0.254 e. The summed E-state index contributed by atoms with van der Waals surface area (Å²) in [6.45, 7) is 1.88. The summed E-state index contributed by atoms with van der Waals surface area (Å²) in [5.41, 5.74) is 1.31. The highest BCUT2D eigenvalue weighted by atomic mass is 16.3. The van der Waals surface area contributed by atoms with Crippen molar-refractivity contribution in [3.05, 3.63) is 59.9 Å². The Bertz CT molecular complexity index is 569. The Kier molecular flexibility index (Phi) is 3.80. The number of pyridine rings is 1. The number of hydrogen-bond donors (Lipinski definition) is 1. The van der Waals surface area contributed by atoms with Gasteiger partial charge < -0.3 is 10.0 Å². The van der Waals surface area contributed by atoms with Crippen LogP contribution in [0.3, 0.4) is 0 Å². The molecule has 19 heavy (non-hydrogen) atoms. The van der Waals surface area contributed by atoms with Gasteiger partial charge in [-0.05, 0) is 25.1 Å². The van der Waals surface area contributed by atoms with Crippen LogP contribution in [0.5, 0.6) is 5.75 Å². The molecule has 2 aromatic rings. The van der Waals surface area contributed by atoms with Crippen molar-refractivity contribution in [3.8, 4) is 5.75 Å². The highest BCUT2D eigenvalue weighted by Gasteiger charge is 2.20. The van der Waals surface area contributed by atoms with Gasteiger partial charge in [-0.2, -0.15) is 0 Å². The van der Waals surface area contributed by atoms with Crippen molar-refractivity contribution in [2.75, 3.05) is 7.05 Å². The molecule has 0 bridgehead atoms. The number of para-hydroxylation sites is 1. The Morgan fingerprint density at radius 2 is 1.84 bits per heavy atom. The molecule has 0 saturated carbocycles. The van der Waals surface area contributed by atoms with Crippen molar-refractivity contribution < 1.29 is 9.90 Å². The predicted octanol–water partition coefficient (Wildman–Crippen LogP) is 2.62. The number of aromatic nitrogens is 1. The number of hydrogen-bond acceptors (Lipinski definition) is 3. The van der Waals surface area contributed by atoms with Crippen molar-refractivity contribution in [2.45, 2.75) is 13.0 Å². The predicted molar refractivity (Wildman–Crippen MR) is 72.9 cm³/mol. The van der Waals surface area contributed by atoms with Crippen LogP contribution in [0.1, 0.15) is 28.9 Å². The van der Waals surface area contributed by atoms with Crippen LogP contribution in [-0.4, -0.2) is 27.9 Å². The number of amides is 1. The Balaban J connectivity index is 2.23.